The maximum Gasteiger partial charge on any atom is 0.335 e. The van der Waals surface area contributed by atoms with Crippen molar-refractivity contribution in [1.29, 1.82) is 0 Å². The highest BCUT2D eigenvalue weighted by molar-refractivity contribution is 5.88. The summed E-state index contributed by atoms with van der Waals surface area (Å²) in [5.41, 5.74) is 0.927. The molecule has 0 aliphatic carbocycles. The first-order chi connectivity index (χ1) is 12.5. The van der Waals surface area contributed by atoms with Crippen LogP contribution in [0.3, 0.4) is 0 Å². The van der Waals surface area contributed by atoms with Crippen molar-refractivity contribution < 1.29 is 19.5 Å². The summed E-state index contributed by atoms with van der Waals surface area (Å²) in [5, 5.41) is 9.05. The molecule has 6 heteroatoms. The van der Waals surface area contributed by atoms with Gasteiger partial charge in [-0.1, -0.05) is 12.1 Å². The van der Waals surface area contributed by atoms with Gasteiger partial charge in [-0.05, 0) is 49.3 Å². The topological polar surface area (TPSA) is 77.9 Å². The highest BCUT2D eigenvalue weighted by Gasteiger charge is 2.27. The largest absolute Gasteiger partial charge is 0.478 e. The molecule has 140 valence electrons. The molecule has 0 saturated carbocycles. The van der Waals surface area contributed by atoms with E-state index < -0.39 is 5.97 Å². The van der Waals surface area contributed by atoms with Gasteiger partial charge in [0.2, 0.25) is 11.8 Å². The van der Waals surface area contributed by atoms with Crippen molar-refractivity contribution >= 4 is 17.8 Å². The van der Waals surface area contributed by atoms with Crippen molar-refractivity contribution in [2.24, 2.45) is 5.92 Å². The molecule has 2 saturated heterocycles. The average molecular weight is 358 g/mol. The van der Waals surface area contributed by atoms with E-state index in [2.05, 4.69) is 0 Å². The monoisotopic (exact) mass is 358 g/mol. The fraction of sp³-hybridized carbons (Fsp3) is 0.550. The average Bonchev–Trinajstić information content (AvgIpc) is 3.17. The van der Waals surface area contributed by atoms with E-state index in [1.165, 1.54) is 6.07 Å². The summed E-state index contributed by atoms with van der Waals surface area (Å²) in [5.74, 6) is -0.333. The first-order valence-electron chi connectivity index (χ1n) is 9.40. The van der Waals surface area contributed by atoms with E-state index in [0.717, 1.165) is 44.3 Å². The molecule has 0 bridgehead atoms. The van der Waals surface area contributed by atoms with E-state index in [1.807, 2.05) is 9.80 Å². The van der Waals surface area contributed by atoms with Crippen molar-refractivity contribution in [1.82, 2.24) is 9.80 Å². The van der Waals surface area contributed by atoms with Crippen molar-refractivity contribution in [3.63, 3.8) is 0 Å². The van der Waals surface area contributed by atoms with Crippen LogP contribution in [-0.2, 0) is 16.0 Å². The van der Waals surface area contributed by atoms with Crippen molar-refractivity contribution in [2.75, 3.05) is 26.2 Å². The van der Waals surface area contributed by atoms with Crippen LogP contribution in [-0.4, -0.2) is 58.9 Å². The number of carbonyl (C=O) groups excluding carboxylic acids is 2. The van der Waals surface area contributed by atoms with E-state index in [0.29, 0.717) is 25.4 Å². The molecule has 0 spiro atoms. The van der Waals surface area contributed by atoms with Crippen LogP contribution in [0.5, 0.6) is 0 Å². The molecule has 0 atom stereocenters. The summed E-state index contributed by atoms with van der Waals surface area (Å²) in [6.07, 6.45) is 4.77. The van der Waals surface area contributed by atoms with Crippen molar-refractivity contribution in [3.8, 4) is 0 Å². The number of hydrogen-bond donors (Lipinski definition) is 1. The quantitative estimate of drug-likeness (QED) is 0.875. The molecule has 2 aliphatic rings. The molecule has 1 aromatic carbocycles. The molecule has 1 aromatic rings. The molecule has 0 unspecified atom stereocenters. The molecular formula is C20H26N2O4. The Bertz CT molecular complexity index is 674. The Labute approximate surface area is 153 Å². The zero-order chi connectivity index (χ0) is 18.5. The van der Waals surface area contributed by atoms with E-state index in [1.54, 1.807) is 18.2 Å². The summed E-state index contributed by atoms with van der Waals surface area (Å²) in [6.45, 7) is 3.14. The van der Waals surface area contributed by atoms with Crippen LogP contribution in [0, 0.1) is 5.92 Å². The standard InChI is InChI=1S/C20H26N2O4/c23-18(21-8-1-2-9-21)13-15-6-10-22(11-7-15)19(24)14-16-4-3-5-17(12-16)20(25)26/h3-5,12,15H,1-2,6-11,13-14H2,(H,25,26). The number of rotatable bonds is 5. The predicted molar refractivity (Wildman–Crippen MR) is 96.8 cm³/mol. The number of carboxylic acid groups (broad SMARTS) is 1. The molecular weight excluding hydrogens is 332 g/mol. The fourth-order valence-electron chi connectivity index (χ4n) is 3.83. The number of piperidine rings is 1. The highest BCUT2D eigenvalue weighted by Crippen LogP contribution is 2.23. The van der Waals surface area contributed by atoms with Gasteiger partial charge in [0.15, 0.2) is 0 Å². The normalized spacial score (nSPS) is 18.2. The van der Waals surface area contributed by atoms with E-state index in [-0.39, 0.29) is 23.8 Å². The van der Waals surface area contributed by atoms with Crippen LogP contribution in [0.2, 0.25) is 0 Å². The number of nitrogens with zero attached hydrogens (tertiary/aromatic N) is 2. The van der Waals surface area contributed by atoms with Crippen LogP contribution in [0.15, 0.2) is 24.3 Å². The van der Waals surface area contributed by atoms with Gasteiger partial charge in [-0.2, -0.15) is 0 Å². The lowest BCUT2D eigenvalue weighted by Gasteiger charge is -2.32. The van der Waals surface area contributed by atoms with Gasteiger partial charge in [0.25, 0.3) is 0 Å². The van der Waals surface area contributed by atoms with Crippen molar-refractivity contribution in [3.05, 3.63) is 35.4 Å². The SMILES string of the molecule is O=C(O)c1cccc(CC(=O)N2CCC(CC(=O)N3CCCC3)CC2)c1. The molecule has 1 N–H and O–H groups in total. The number of aromatic carboxylic acids is 1. The van der Waals surface area contributed by atoms with Crippen LogP contribution in [0.25, 0.3) is 0 Å². The van der Waals surface area contributed by atoms with Crippen LogP contribution in [0.1, 0.15) is 48.0 Å². The third-order valence-corrected chi connectivity index (χ3v) is 5.42. The van der Waals surface area contributed by atoms with E-state index in [4.69, 9.17) is 5.11 Å². The number of carbonyl (C=O) groups is 3. The third kappa shape index (κ3) is 4.62. The number of carboxylic acids is 1. The maximum absolute atomic E-state index is 12.5. The minimum absolute atomic E-state index is 0.0249. The number of amides is 2. The fourth-order valence-corrected chi connectivity index (χ4v) is 3.83. The van der Waals surface area contributed by atoms with E-state index in [9.17, 15) is 14.4 Å². The maximum atomic E-state index is 12.5. The number of hydrogen-bond acceptors (Lipinski definition) is 3. The van der Waals surface area contributed by atoms with Gasteiger partial charge in [0.05, 0.1) is 12.0 Å². The molecule has 2 heterocycles. The van der Waals surface area contributed by atoms with Crippen LogP contribution in [0.4, 0.5) is 0 Å². The zero-order valence-corrected chi connectivity index (χ0v) is 15.0. The minimum atomic E-state index is -0.984. The summed E-state index contributed by atoms with van der Waals surface area (Å²) in [7, 11) is 0. The van der Waals surface area contributed by atoms with Gasteiger partial charge in [0, 0.05) is 32.6 Å². The minimum Gasteiger partial charge on any atom is -0.478 e. The lowest BCUT2D eigenvalue weighted by atomic mass is 9.92. The molecule has 2 amide bonds. The predicted octanol–water partition coefficient (Wildman–Crippen LogP) is 2.18. The Hall–Kier alpha value is -2.37. The Morgan fingerprint density at radius 2 is 1.62 bits per heavy atom. The highest BCUT2D eigenvalue weighted by atomic mass is 16.4. The van der Waals surface area contributed by atoms with Crippen molar-refractivity contribution in [2.45, 2.75) is 38.5 Å². The molecule has 2 aliphatic heterocycles. The third-order valence-electron chi connectivity index (χ3n) is 5.42. The van der Waals surface area contributed by atoms with Crippen LogP contribution < -0.4 is 0 Å². The second-order valence-electron chi connectivity index (χ2n) is 7.30. The summed E-state index contributed by atoms with van der Waals surface area (Å²) < 4.78 is 0. The smallest absolute Gasteiger partial charge is 0.335 e. The van der Waals surface area contributed by atoms with E-state index >= 15 is 0 Å². The Balaban J connectivity index is 1.46. The lowest BCUT2D eigenvalue weighted by Crippen LogP contribution is -2.40. The molecule has 2 fully saturated rings. The van der Waals surface area contributed by atoms with Gasteiger partial charge in [0.1, 0.15) is 0 Å². The first kappa shape index (κ1) is 18.4. The molecule has 0 aromatic heterocycles. The summed E-state index contributed by atoms with van der Waals surface area (Å²) in [6, 6.07) is 6.54. The van der Waals surface area contributed by atoms with Gasteiger partial charge in [-0.3, -0.25) is 9.59 Å². The second-order valence-corrected chi connectivity index (χ2v) is 7.30. The van der Waals surface area contributed by atoms with Gasteiger partial charge < -0.3 is 14.9 Å². The Morgan fingerprint density at radius 1 is 0.962 bits per heavy atom. The number of likely N-dealkylation sites (tertiary alicyclic amines) is 2. The zero-order valence-electron chi connectivity index (χ0n) is 15.0. The lowest BCUT2D eigenvalue weighted by molar-refractivity contribution is -0.133. The first-order valence-corrected chi connectivity index (χ1v) is 9.40. The van der Waals surface area contributed by atoms with Crippen LogP contribution >= 0.6 is 0 Å². The number of benzene rings is 1. The summed E-state index contributed by atoms with van der Waals surface area (Å²) >= 11 is 0. The summed E-state index contributed by atoms with van der Waals surface area (Å²) in [4.78, 5) is 39.6. The Kier molecular flexibility index (Phi) is 5.91. The molecule has 0 radical (unpaired) electrons. The molecule has 3 rings (SSSR count). The van der Waals surface area contributed by atoms with Gasteiger partial charge in [-0.15, -0.1) is 0 Å². The molecule has 6 nitrogen and oxygen atoms in total. The van der Waals surface area contributed by atoms with Gasteiger partial charge >= 0.3 is 5.97 Å². The molecule has 26 heavy (non-hydrogen) atoms. The van der Waals surface area contributed by atoms with Gasteiger partial charge in [-0.25, -0.2) is 4.79 Å². The second kappa shape index (κ2) is 8.34. The Morgan fingerprint density at radius 3 is 2.27 bits per heavy atom.